The van der Waals surface area contributed by atoms with Gasteiger partial charge in [-0.05, 0) is 24.3 Å². The molecule has 2 aromatic heterocycles. The average Bonchev–Trinajstić information content (AvgIpc) is 2.91. The molecule has 0 saturated carbocycles. The van der Waals surface area contributed by atoms with Gasteiger partial charge in [-0.3, -0.25) is 4.98 Å². The summed E-state index contributed by atoms with van der Waals surface area (Å²) in [4.78, 5) is 6.07. The number of hydrogen-bond donors (Lipinski definition) is 1. The van der Waals surface area contributed by atoms with Crippen LogP contribution in [-0.2, 0) is 6.54 Å². The molecule has 0 amide bonds. The lowest BCUT2D eigenvalue weighted by Gasteiger charge is -2.21. The summed E-state index contributed by atoms with van der Waals surface area (Å²) in [6.07, 6.45) is 4.87. The second kappa shape index (κ2) is 4.85. The van der Waals surface area contributed by atoms with E-state index in [2.05, 4.69) is 4.98 Å². The van der Waals surface area contributed by atoms with E-state index in [0.717, 1.165) is 10.9 Å². The number of nitrogens with zero attached hydrogens (tertiary/aromatic N) is 2. The van der Waals surface area contributed by atoms with Gasteiger partial charge in [0.15, 0.2) is 5.82 Å². The van der Waals surface area contributed by atoms with Crippen molar-refractivity contribution < 1.29 is 8.81 Å². The van der Waals surface area contributed by atoms with Crippen molar-refractivity contribution in [1.82, 2.24) is 4.98 Å². The van der Waals surface area contributed by atoms with Gasteiger partial charge >= 0.3 is 0 Å². The van der Waals surface area contributed by atoms with Crippen LogP contribution in [0.1, 0.15) is 5.56 Å². The van der Waals surface area contributed by atoms with Crippen LogP contribution in [0, 0.1) is 5.82 Å². The first kappa shape index (κ1) is 12.5. The quantitative estimate of drug-likeness (QED) is 0.743. The highest BCUT2D eigenvalue weighted by Crippen LogP contribution is 2.32. The van der Waals surface area contributed by atoms with E-state index in [1.807, 2.05) is 19.2 Å². The Morgan fingerprint density at radius 3 is 3.00 bits per heavy atom. The molecule has 3 aromatic rings. The second-order valence-electron chi connectivity index (χ2n) is 4.68. The Hall–Kier alpha value is -2.56. The fraction of sp³-hybridized carbons (Fsp3) is 0.133. The standard InChI is InChI=1S/C15H14FN3O/c1-19(8-10-4-6-20-9-10)15-12(16)7-13(17)11-3-2-5-18-14(11)15/h2-7,9H,8,17H2,1H3. The lowest BCUT2D eigenvalue weighted by atomic mass is 10.1. The first-order chi connectivity index (χ1) is 9.66. The predicted octanol–water partition coefficient (Wildman–Crippen LogP) is 3.19. The molecule has 0 aliphatic rings. The van der Waals surface area contributed by atoms with Gasteiger partial charge < -0.3 is 15.1 Å². The van der Waals surface area contributed by atoms with Crippen LogP contribution in [0.15, 0.2) is 47.4 Å². The Bertz CT molecular complexity index is 740. The number of hydrogen-bond acceptors (Lipinski definition) is 4. The summed E-state index contributed by atoms with van der Waals surface area (Å²) in [5.41, 5.74) is 8.22. The van der Waals surface area contributed by atoms with Crippen molar-refractivity contribution >= 4 is 22.3 Å². The summed E-state index contributed by atoms with van der Waals surface area (Å²) in [5.74, 6) is -0.375. The molecule has 0 bridgehead atoms. The van der Waals surface area contributed by atoms with E-state index in [9.17, 15) is 4.39 Å². The highest BCUT2D eigenvalue weighted by molar-refractivity contribution is 5.98. The summed E-state index contributed by atoms with van der Waals surface area (Å²) in [7, 11) is 1.82. The molecule has 0 spiro atoms. The third-order valence-electron chi connectivity index (χ3n) is 3.23. The van der Waals surface area contributed by atoms with Crippen LogP contribution in [0.4, 0.5) is 15.8 Å². The summed E-state index contributed by atoms with van der Waals surface area (Å²) >= 11 is 0. The molecule has 3 rings (SSSR count). The zero-order valence-electron chi connectivity index (χ0n) is 11.0. The van der Waals surface area contributed by atoms with Gasteiger partial charge in [0.05, 0.1) is 23.7 Å². The Labute approximate surface area is 115 Å². The molecule has 2 N–H and O–H groups in total. The van der Waals surface area contributed by atoms with Crippen LogP contribution in [0.2, 0.25) is 0 Å². The van der Waals surface area contributed by atoms with Gasteiger partial charge in [-0.2, -0.15) is 0 Å². The minimum Gasteiger partial charge on any atom is -0.472 e. The second-order valence-corrected chi connectivity index (χ2v) is 4.68. The Morgan fingerprint density at radius 2 is 2.25 bits per heavy atom. The van der Waals surface area contributed by atoms with E-state index < -0.39 is 0 Å². The molecule has 0 atom stereocenters. The van der Waals surface area contributed by atoms with E-state index in [1.165, 1.54) is 6.07 Å². The molecule has 2 heterocycles. The number of fused-ring (bicyclic) bond motifs is 1. The lowest BCUT2D eigenvalue weighted by Crippen LogP contribution is -2.18. The molecule has 0 unspecified atom stereocenters. The summed E-state index contributed by atoms with van der Waals surface area (Å²) in [6, 6.07) is 6.81. The van der Waals surface area contributed by atoms with Crippen molar-refractivity contribution in [3.63, 3.8) is 0 Å². The van der Waals surface area contributed by atoms with E-state index in [1.54, 1.807) is 29.7 Å². The lowest BCUT2D eigenvalue weighted by molar-refractivity contribution is 0.563. The van der Waals surface area contributed by atoms with E-state index in [0.29, 0.717) is 23.4 Å². The number of nitrogen functional groups attached to an aromatic ring is 1. The third-order valence-corrected chi connectivity index (χ3v) is 3.23. The normalized spacial score (nSPS) is 10.9. The number of aromatic nitrogens is 1. The number of furan rings is 1. The number of rotatable bonds is 3. The van der Waals surface area contributed by atoms with Gasteiger partial charge in [-0.25, -0.2) is 4.39 Å². The van der Waals surface area contributed by atoms with Crippen molar-refractivity contribution in [2.24, 2.45) is 0 Å². The van der Waals surface area contributed by atoms with Crippen molar-refractivity contribution in [3.05, 3.63) is 54.4 Å². The van der Waals surface area contributed by atoms with E-state index in [4.69, 9.17) is 10.2 Å². The number of halogens is 1. The van der Waals surface area contributed by atoms with Gasteiger partial charge in [0.2, 0.25) is 0 Å². The maximum Gasteiger partial charge on any atom is 0.150 e. The minimum atomic E-state index is -0.375. The van der Waals surface area contributed by atoms with Crippen molar-refractivity contribution in [1.29, 1.82) is 0 Å². The van der Waals surface area contributed by atoms with Crippen LogP contribution < -0.4 is 10.6 Å². The smallest absolute Gasteiger partial charge is 0.150 e. The Morgan fingerprint density at radius 1 is 1.40 bits per heavy atom. The van der Waals surface area contributed by atoms with E-state index in [-0.39, 0.29) is 5.82 Å². The van der Waals surface area contributed by atoms with Crippen LogP contribution in [-0.4, -0.2) is 12.0 Å². The molecule has 0 aliphatic heterocycles. The van der Waals surface area contributed by atoms with Crippen molar-refractivity contribution in [3.8, 4) is 0 Å². The molecule has 4 nitrogen and oxygen atoms in total. The fourth-order valence-corrected chi connectivity index (χ4v) is 2.32. The third kappa shape index (κ3) is 2.07. The predicted molar refractivity (Wildman–Crippen MR) is 76.9 cm³/mol. The van der Waals surface area contributed by atoms with Crippen molar-refractivity contribution in [2.45, 2.75) is 6.54 Å². The minimum absolute atomic E-state index is 0.375. The van der Waals surface area contributed by atoms with Gasteiger partial charge in [0.25, 0.3) is 0 Å². The SMILES string of the molecule is CN(Cc1ccoc1)c1c(F)cc(N)c2cccnc12. The summed E-state index contributed by atoms with van der Waals surface area (Å²) < 4.78 is 19.3. The maximum absolute atomic E-state index is 14.3. The van der Waals surface area contributed by atoms with Crippen molar-refractivity contribution in [2.75, 3.05) is 17.7 Å². The highest BCUT2D eigenvalue weighted by Gasteiger charge is 2.16. The number of pyridine rings is 1. The molecule has 0 fully saturated rings. The highest BCUT2D eigenvalue weighted by atomic mass is 19.1. The van der Waals surface area contributed by atoms with Crippen LogP contribution in [0.3, 0.4) is 0 Å². The zero-order chi connectivity index (χ0) is 14.1. The van der Waals surface area contributed by atoms with E-state index >= 15 is 0 Å². The maximum atomic E-state index is 14.3. The van der Waals surface area contributed by atoms with Crippen LogP contribution in [0.25, 0.3) is 10.9 Å². The Kier molecular flexibility index (Phi) is 3.02. The van der Waals surface area contributed by atoms with Gasteiger partial charge in [0, 0.05) is 36.4 Å². The zero-order valence-corrected chi connectivity index (χ0v) is 11.0. The largest absolute Gasteiger partial charge is 0.472 e. The molecular weight excluding hydrogens is 257 g/mol. The number of benzene rings is 1. The first-order valence-electron chi connectivity index (χ1n) is 6.21. The van der Waals surface area contributed by atoms with Crippen LogP contribution >= 0.6 is 0 Å². The van der Waals surface area contributed by atoms with Gasteiger partial charge in [-0.15, -0.1) is 0 Å². The summed E-state index contributed by atoms with van der Waals surface area (Å²) in [5, 5.41) is 0.753. The molecule has 20 heavy (non-hydrogen) atoms. The molecule has 1 aromatic carbocycles. The molecule has 0 saturated heterocycles. The first-order valence-corrected chi connectivity index (χ1v) is 6.21. The molecule has 0 radical (unpaired) electrons. The fourth-order valence-electron chi connectivity index (χ4n) is 2.32. The van der Waals surface area contributed by atoms with Crippen LogP contribution in [0.5, 0.6) is 0 Å². The summed E-state index contributed by atoms with van der Waals surface area (Å²) in [6.45, 7) is 0.531. The number of nitrogens with two attached hydrogens (primary N) is 1. The average molecular weight is 271 g/mol. The number of anilines is 2. The molecular formula is C15H14FN3O. The Balaban J connectivity index is 2.10. The monoisotopic (exact) mass is 271 g/mol. The molecule has 0 aliphatic carbocycles. The van der Waals surface area contributed by atoms with Gasteiger partial charge in [-0.1, -0.05) is 0 Å². The molecule has 102 valence electrons. The topological polar surface area (TPSA) is 55.3 Å². The molecule has 5 heteroatoms. The van der Waals surface area contributed by atoms with Gasteiger partial charge in [0.1, 0.15) is 0 Å².